The van der Waals surface area contributed by atoms with Crippen LogP contribution in [-0.4, -0.2) is 4.57 Å². The standard InChI is InChI=1S/C66H48N2S2/c1-65(2)54-18-10-8-16-49(54)50-35-34-48(40-56(50)65)67(45-28-22-42(23-29-45)41-14-6-5-7-15-41)46-30-24-43(25-31-46)44-26-32-47(33-27-44)68-57-19-11-9-17-51(57)52-36-38-55-61(63(52)68)53-37-39-60-64(62(53)66(55,3)4)70-59-21-13-12-20-58(59)69-60/h5-40H,1-4H3. The quantitative estimate of drug-likeness (QED) is 0.164. The van der Waals surface area contributed by atoms with Gasteiger partial charge in [-0.25, -0.2) is 0 Å². The molecule has 0 fully saturated rings. The summed E-state index contributed by atoms with van der Waals surface area (Å²) in [5.74, 6) is 0. The minimum Gasteiger partial charge on any atom is -0.310 e. The van der Waals surface area contributed by atoms with Gasteiger partial charge in [0.15, 0.2) is 0 Å². The fourth-order valence-corrected chi connectivity index (χ4v) is 14.5. The van der Waals surface area contributed by atoms with Crippen molar-refractivity contribution in [2.45, 2.75) is 58.1 Å². The first-order chi connectivity index (χ1) is 34.2. The van der Waals surface area contributed by atoms with Crippen molar-refractivity contribution < 1.29 is 0 Å². The average Bonchev–Trinajstić information content (AvgIpc) is 3.96. The van der Waals surface area contributed by atoms with Gasteiger partial charge in [0.05, 0.1) is 11.0 Å². The van der Waals surface area contributed by atoms with E-state index in [0.29, 0.717) is 0 Å². The molecule has 70 heavy (non-hydrogen) atoms. The van der Waals surface area contributed by atoms with Crippen molar-refractivity contribution >= 4 is 62.4 Å². The molecule has 3 aliphatic rings. The highest BCUT2D eigenvalue weighted by Crippen LogP contribution is 2.60. The van der Waals surface area contributed by atoms with E-state index < -0.39 is 0 Å². The summed E-state index contributed by atoms with van der Waals surface area (Å²) in [6, 6.07) is 81.3. The zero-order valence-corrected chi connectivity index (χ0v) is 41.1. The normalized spacial score (nSPS) is 14.4. The van der Waals surface area contributed by atoms with Crippen molar-refractivity contribution in [3.63, 3.8) is 0 Å². The molecule has 0 amide bonds. The Morgan fingerprint density at radius 1 is 0.386 bits per heavy atom. The summed E-state index contributed by atoms with van der Waals surface area (Å²) in [5.41, 5.74) is 22.5. The summed E-state index contributed by atoms with van der Waals surface area (Å²) >= 11 is 3.85. The predicted octanol–water partition coefficient (Wildman–Crippen LogP) is 18.8. The molecule has 10 aromatic carbocycles. The van der Waals surface area contributed by atoms with Gasteiger partial charge in [-0.15, -0.1) is 0 Å². The molecule has 0 radical (unpaired) electrons. The molecule has 0 unspecified atom stereocenters. The molecule has 0 saturated heterocycles. The van der Waals surface area contributed by atoms with E-state index in [1.54, 1.807) is 0 Å². The van der Waals surface area contributed by atoms with Gasteiger partial charge >= 0.3 is 0 Å². The Balaban J connectivity index is 0.848. The van der Waals surface area contributed by atoms with E-state index in [0.717, 1.165) is 22.7 Å². The number of hydrogen-bond acceptors (Lipinski definition) is 3. The van der Waals surface area contributed by atoms with Crippen molar-refractivity contribution in [1.82, 2.24) is 4.57 Å². The first-order valence-corrected chi connectivity index (χ1v) is 26.0. The van der Waals surface area contributed by atoms with Crippen molar-refractivity contribution in [3.05, 3.63) is 241 Å². The summed E-state index contributed by atoms with van der Waals surface area (Å²) in [4.78, 5) is 7.85. The van der Waals surface area contributed by atoms with E-state index in [-0.39, 0.29) is 10.8 Å². The molecule has 2 nitrogen and oxygen atoms in total. The van der Waals surface area contributed by atoms with Crippen LogP contribution in [0.4, 0.5) is 17.1 Å². The summed E-state index contributed by atoms with van der Waals surface area (Å²) < 4.78 is 2.52. The lowest BCUT2D eigenvalue weighted by molar-refractivity contribution is 0.642. The summed E-state index contributed by atoms with van der Waals surface area (Å²) in [6.45, 7) is 9.57. The summed E-state index contributed by atoms with van der Waals surface area (Å²) in [7, 11) is 0. The number of aromatic nitrogens is 1. The van der Waals surface area contributed by atoms with Crippen LogP contribution in [-0.2, 0) is 10.8 Å². The molecule has 2 aliphatic carbocycles. The molecule has 1 aromatic heterocycles. The minimum atomic E-state index is -0.161. The molecule has 0 atom stereocenters. The molecule has 0 N–H and O–H groups in total. The lowest BCUT2D eigenvalue weighted by Crippen LogP contribution is -2.17. The first-order valence-electron chi connectivity index (χ1n) is 24.3. The number of anilines is 3. The van der Waals surface area contributed by atoms with Crippen LogP contribution in [0.3, 0.4) is 0 Å². The number of para-hydroxylation sites is 1. The van der Waals surface area contributed by atoms with Crippen LogP contribution < -0.4 is 4.90 Å². The number of nitrogens with zero attached hydrogens (tertiary/aromatic N) is 2. The summed E-state index contributed by atoms with van der Waals surface area (Å²) in [6.07, 6.45) is 0. The van der Waals surface area contributed by atoms with Crippen molar-refractivity contribution in [3.8, 4) is 50.2 Å². The molecule has 0 bridgehead atoms. The predicted molar refractivity (Wildman–Crippen MR) is 296 cm³/mol. The van der Waals surface area contributed by atoms with E-state index in [2.05, 4.69) is 256 Å². The third-order valence-corrected chi connectivity index (χ3v) is 18.0. The fourth-order valence-electron chi connectivity index (χ4n) is 12.0. The van der Waals surface area contributed by atoms with Crippen LogP contribution in [0.25, 0.3) is 72.0 Å². The van der Waals surface area contributed by atoms with Gasteiger partial charge < -0.3 is 9.47 Å². The second-order valence-corrected chi connectivity index (χ2v) is 22.2. The zero-order valence-electron chi connectivity index (χ0n) is 39.5. The Bertz CT molecular complexity index is 3920. The van der Waals surface area contributed by atoms with Crippen LogP contribution >= 0.6 is 23.5 Å². The topological polar surface area (TPSA) is 8.17 Å². The molecule has 0 saturated carbocycles. The monoisotopic (exact) mass is 932 g/mol. The van der Waals surface area contributed by atoms with Gasteiger partial charge in [0, 0.05) is 69.5 Å². The molecular weight excluding hydrogens is 885 g/mol. The van der Waals surface area contributed by atoms with E-state index in [1.807, 2.05) is 23.5 Å². The second kappa shape index (κ2) is 15.5. The maximum Gasteiger partial charge on any atom is 0.0622 e. The van der Waals surface area contributed by atoms with E-state index in [1.165, 1.54) is 108 Å². The number of hydrogen-bond donors (Lipinski definition) is 0. The fraction of sp³-hybridized carbons (Fsp3) is 0.0909. The van der Waals surface area contributed by atoms with E-state index in [4.69, 9.17) is 0 Å². The Morgan fingerprint density at radius 2 is 0.957 bits per heavy atom. The van der Waals surface area contributed by atoms with E-state index >= 15 is 0 Å². The third-order valence-electron chi connectivity index (χ3n) is 15.4. The maximum atomic E-state index is 2.52. The smallest absolute Gasteiger partial charge is 0.0622 e. The van der Waals surface area contributed by atoms with Gasteiger partial charge in [-0.05, 0) is 134 Å². The lowest BCUT2D eigenvalue weighted by Gasteiger charge is -2.28. The van der Waals surface area contributed by atoms with Crippen molar-refractivity contribution in [1.29, 1.82) is 0 Å². The van der Waals surface area contributed by atoms with Gasteiger partial charge in [-0.2, -0.15) is 0 Å². The molecule has 4 heteroatoms. The Hall–Kier alpha value is -7.50. The molecule has 334 valence electrons. The Kier molecular flexibility index (Phi) is 9.18. The first kappa shape index (κ1) is 41.5. The highest BCUT2D eigenvalue weighted by atomic mass is 32.2. The SMILES string of the molecule is CC1(C)c2ccccc2-c2ccc(N(c3ccc(-c4ccccc4)cc3)c3ccc(-c4ccc(-n5c6ccccc6c6ccc7c(c65)-c5ccc6c(c5C7(C)C)Sc5ccccc5S6)cc4)cc3)cc21. The van der Waals surface area contributed by atoms with Crippen LogP contribution in [0.2, 0.25) is 0 Å². The summed E-state index contributed by atoms with van der Waals surface area (Å²) in [5, 5.41) is 2.57. The minimum absolute atomic E-state index is 0.105. The second-order valence-electron chi connectivity index (χ2n) is 20.1. The van der Waals surface area contributed by atoms with Crippen LogP contribution in [0.1, 0.15) is 49.9 Å². The third kappa shape index (κ3) is 6.16. The largest absolute Gasteiger partial charge is 0.310 e. The Morgan fingerprint density at radius 3 is 1.69 bits per heavy atom. The maximum absolute atomic E-state index is 2.52. The lowest BCUT2D eigenvalue weighted by atomic mass is 9.82. The molecular formula is C66H48N2S2. The number of fused-ring (bicyclic) bond motifs is 13. The number of benzene rings is 10. The zero-order chi connectivity index (χ0) is 46.9. The molecule has 14 rings (SSSR count). The van der Waals surface area contributed by atoms with Crippen LogP contribution in [0, 0.1) is 0 Å². The van der Waals surface area contributed by atoms with Gasteiger partial charge in [-0.1, -0.05) is 197 Å². The van der Waals surface area contributed by atoms with Gasteiger partial charge in [0.1, 0.15) is 0 Å². The van der Waals surface area contributed by atoms with Crippen molar-refractivity contribution in [2.75, 3.05) is 4.90 Å². The molecule has 11 aromatic rings. The molecule has 2 heterocycles. The van der Waals surface area contributed by atoms with Crippen LogP contribution in [0.5, 0.6) is 0 Å². The van der Waals surface area contributed by atoms with Gasteiger partial charge in [0.2, 0.25) is 0 Å². The van der Waals surface area contributed by atoms with Crippen molar-refractivity contribution in [2.24, 2.45) is 0 Å². The average molecular weight is 933 g/mol. The highest BCUT2D eigenvalue weighted by Gasteiger charge is 2.42. The van der Waals surface area contributed by atoms with E-state index in [9.17, 15) is 0 Å². The van der Waals surface area contributed by atoms with Gasteiger partial charge in [-0.3, -0.25) is 0 Å². The molecule has 0 spiro atoms. The van der Waals surface area contributed by atoms with Crippen LogP contribution in [0.15, 0.2) is 238 Å². The molecule has 1 aliphatic heterocycles. The van der Waals surface area contributed by atoms with Gasteiger partial charge in [0.25, 0.3) is 0 Å². The Labute approximate surface area is 418 Å². The highest BCUT2D eigenvalue weighted by molar-refractivity contribution is 8.05. The number of rotatable bonds is 6.